The summed E-state index contributed by atoms with van der Waals surface area (Å²) in [5.41, 5.74) is 3.72. The quantitative estimate of drug-likeness (QED) is 0.884. The van der Waals surface area contributed by atoms with Crippen LogP contribution in [0, 0.1) is 13.8 Å². The molecule has 0 saturated heterocycles. The summed E-state index contributed by atoms with van der Waals surface area (Å²) >= 11 is 0. The predicted molar refractivity (Wildman–Crippen MR) is 87.2 cm³/mol. The molecule has 2 rings (SSSR count). The van der Waals surface area contributed by atoms with Crippen molar-refractivity contribution >= 4 is 11.7 Å². The molecule has 1 aromatic carbocycles. The summed E-state index contributed by atoms with van der Waals surface area (Å²) < 4.78 is 0. The van der Waals surface area contributed by atoms with Crippen molar-refractivity contribution in [2.75, 3.05) is 4.90 Å². The molecule has 0 fully saturated rings. The van der Waals surface area contributed by atoms with E-state index < -0.39 is 11.5 Å². The Morgan fingerprint density at radius 2 is 1.81 bits per heavy atom. The number of aryl methyl sites for hydroxylation is 2. The number of anilines is 1. The Labute approximate surface area is 128 Å². The van der Waals surface area contributed by atoms with Crippen molar-refractivity contribution in [3.63, 3.8) is 0 Å². The molecule has 0 radical (unpaired) electrons. The van der Waals surface area contributed by atoms with Gasteiger partial charge in [-0.3, -0.25) is 0 Å². The molecule has 0 aliphatic carbocycles. The summed E-state index contributed by atoms with van der Waals surface area (Å²) in [5, 5.41) is 9.70. The molecule has 1 N–H and O–H groups in total. The first-order valence-electron chi connectivity index (χ1n) is 7.63. The molecule has 1 heterocycles. The van der Waals surface area contributed by atoms with Crippen LogP contribution in [0.5, 0.6) is 0 Å². The molecule has 1 aromatic rings. The minimum atomic E-state index is -0.930. The van der Waals surface area contributed by atoms with Gasteiger partial charge in [0.05, 0.1) is 0 Å². The van der Waals surface area contributed by atoms with E-state index in [0.717, 1.165) is 12.1 Å². The summed E-state index contributed by atoms with van der Waals surface area (Å²) in [6.07, 6.45) is 0.958. The minimum Gasteiger partial charge on any atom is -0.480 e. The van der Waals surface area contributed by atoms with E-state index in [1.165, 1.54) is 16.7 Å². The molecule has 0 bridgehead atoms. The molecule has 0 saturated carbocycles. The maximum atomic E-state index is 11.8. The fraction of sp³-hybridized carbons (Fsp3) is 0.611. The van der Waals surface area contributed by atoms with E-state index in [1.54, 1.807) is 13.8 Å². The van der Waals surface area contributed by atoms with Crippen molar-refractivity contribution in [3.8, 4) is 0 Å². The van der Waals surface area contributed by atoms with Crippen molar-refractivity contribution in [3.05, 3.63) is 28.8 Å². The molecular weight excluding hydrogens is 262 g/mol. The number of fused-ring (bicyclic) bond motifs is 1. The number of hydrogen-bond donors (Lipinski definition) is 1. The first-order valence-corrected chi connectivity index (χ1v) is 7.63. The summed E-state index contributed by atoms with van der Waals surface area (Å²) in [6, 6.07) is 4.39. The average Bonchev–Trinajstić information content (AvgIpc) is 2.30. The van der Waals surface area contributed by atoms with Crippen LogP contribution < -0.4 is 4.90 Å². The van der Waals surface area contributed by atoms with Crippen molar-refractivity contribution in [2.24, 2.45) is 0 Å². The van der Waals surface area contributed by atoms with Gasteiger partial charge in [-0.05, 0) is 76.6 Å². The second kappa shape index (κ2) is 4.75. The van der Waals surface area contributed by atoms with Gasteiger partial charge in [0.1, 0.15) is 5.54 Å². The predicted octanol–water partition coefficient (Wildman–Crippen LogP) is 4.26. The molecule has 3 heteroatoms. The molecule has 0 unspecified atom stereocenters. The van der Waals surface area contributed by atoms with Gasteiger partial charge in [-0.2, -0.15) is 0 Å². The van der Waals surface area contributed by atoms with Crippen molar-refractivity contribution in [1.29, 1.82) is 0 Å². The lowest BCUT2D eigenvalue weighted by molar-refractivity contribution is -0.142. The number of carbonyl (C=O) groups is 1. The Hall–Kier alpha value is -1.51. The number of aliphatic carboxylic acids is 1. The highest BCUT2D eigenvalue weighted by molar-refractivity contribution is 5.84. The van der Waals surface area contributed by atoms with E-state index in [0.29, 0.717) is 5.92 Å². The molecule has 0 amide bonds. The normalized spacial score (nSPS) is 21.1. The van der Waals surface area contributed by atoms with Gasteiger partial charge in [0.25, 0.3) is 0 Å². The largest absolute Gasteiger partial charge is 0.480 e. The fourth-order valence-electron chi connectivity index (χ4n) is 3.84. The molecule has 1 atom stereocenters. The zero-order chi connectivity index (χ0) is 16.2. The Balaban J connectivity index is 2.72. The molecule has 1 aliphatic rings. The third-order valence-electron chi connectivity index (χ3n) is 4.91. The summed E-state index contributed by atoms with van der Waals surface area (Å²) in [6.45, 7) is 14.3. The summed E-state index contributed by atoms with van der Waals surface area (Å²) in [4.78, 5) is 13.9. The van der Waals surface area contributed by atoms with Gasteiger partial charge in [-0.1, -0.05) is 13.0 Å². The van der Waals surface area contributed by atoms with Gasteiger partial charge in [0, 0.05) is 11.2 Å². The number of carboxylic acids is 1. The molecule has 0 spiro atoms. The first kappa shape index (κ1) is 15.9. The monoisotopic (exact) mass is 289 g/mol. The van der Waals surface area contributed by atoms with Gasteiger partial charge in [0.2, 0.25) is 0 Å². The molecule has 21 heavy (non-hydrogen) atoms. The van der Waals surface area contributed by atoms with Crippen molar-refractivity contribution in [2.45, 2.75) is 71.9 Å². The zero-order valence-corrected chi connectivity index (χ0v) is 14.2. The van der Waals surface area contributed by atoms with Crippen molar-refractivity contribution in [1.82, 2.24) is 0 Å². The van der Waals surface area contributed by atoms with Crippen molar-refractivity contribution < 1.29 is 9.90 Å². The van der Waals surface area contributed by atoms with Crippen LogP contribution in [0.25, 0.3) is 0 Å². The standard InChI is InChI=1S/C18H27NO2/c1-11-8-14-13(3)10-17(4,5)19(15(14)9-12(11)2)18(6,7)16(20)21/h8-9,13H,10H2,1-7H3,(H,20,21)/t13-/m1/s1. The highest BCUT2D eigenvalue weighted by Crippen LogP contribution is 2.47. The van der Waals surface area contributed by atoms with E-state index in [1.807, 2.05) is 0 Å². The van der Waals surface area contributed by atoms with Crippen LogP contribution in [0.3, 0.4) is 0 Å². The Kier molecular flexibility index (Phi) is 3.59. The highest BCUT2D eigenvalue weighted by atomic mass is 16.4. The smallest absolute Gasteiger partial charge is 0.328 e. The maximum absolute atomic E-state index is 11.8. The summed E-state index contributed by atoms with van der Waals surface area (Å²) in [7, 11) is 0. The number of hydrogen-bond acceptors (Lipinski definition) is 2. The maximum Gasteiger partial charge on any atom is 0.328 e. The highest BCUT2D eigenvalue weighted by Gasteiger charge is 2.47. The van der Waals surface area contributed by atoms with Gasteiger partial charge >= 0.3 is 5.97 Å². The number of benzene rings is 1. The van der Waals surface area contributed by atoms with Gasteiger partial charge < -0.3 is 10.0 Å². The lowest BCUT2D eigenvalue weighted by Crippen LogP contribution is -2.61. The molecule has 1 aliphatic heterocycles. The van der Waals surface area contributed by atoms with Crippen LogP contribution in [0.15, 0.2) is 12.1 Å². The van der Waals surface area contributed by atoms with Crippen LogP contribution in [-0.4, -0.2) is 22.2 Å². The lowest BCUT2D eigenvalue weighted by atomic mass is 9.76. The van der Waals surface area contributed by atoms with Crippen LogP contribution in [-0.2, 0) is 4.79 Å². The number of carboxylic acid groups (broad SMARTS) is 1. The zero-order valence-electron chi connectivity index (χ0n) is 14.2. The SMILES string of the molecule is Cc1cc2c(cc1C)N(C(C)(C)C(=O)O)C(C)(C)C[C@H]2C. The van der Waals surface area contributed by atoms with E-state index >= 15 is 0 Å². The van der Waals surface area contributed by atoms with Crippen LogP contribution in [0.2, 0.25) is 0 Å². The topological polar surface area (TPSA) is 40.5 Å². The number of rotatable bonds is 2. The van der Waals surface area contributed by atoms with Crippen LogP contribution in [0.4, 0.5) is 5.69 Å². The van der Waals surface area contributed by atoms with Gasteiger partial charge in [-0.15, -0.1) is 0 Å². The van der Waals surface area contributed by atoms with E-state index in [4.69, 9.17) is 0 Å². The van der Waals surface area contributed by atoms with Crippen LogP contribution in [0.1, 0.15) is 63.6 Å². The summed E-state index contributed by atoms with van der Waals surface area (Å²) in [5.74, 6) is -0.343. The third kappa shape index (κ3) is 2.43. The first-order chi connectivity index (χ1) is 9.48. The third-order valence-corrected chi connectivity index (χ3v) is 4.91. The fourth-order valence-corrected chi connectivity index (χ4v) is 3.84. The van der Waals surface area contributed by atoms with E-state index in [9.17, 15) is 9.90 Å². The van der Waals surface area contributed by atoms with Gasteiger partial charge in [0.15, 0.2) is 0 Å². The van der Waals surface area contributed by atoms with E-state index in [2.05, 4.69) is 51.7 Å². The second-order valence-corrected chi connectivity index (χ2v) is 7.61. The Morgan fingerprint density at radius 3 is 2.33 bits per heavy atom. The van der Waals surface area contributed by atoms with Crippen LogP contribution >= 0.6 is 0 Å². The second-order valence-electron chi connectivity index (χ2n) is 7.61. The lowest BCUT2D eigenvalue weighted by Gasteiger charge is -2.53. The average molecular weight is 289 g/mol. The molecule has 116 valence electrons. The minimum absolute atomic E-state index is 0.185. The van der Waals surface area contributed by atoms with Gasteiger partial charge in [-0.25, -0.2) is 4.79 Å². The molecular formula is C18H27NO2. The molecule has 0 aromatic heterocycles. The Bertz CT molecular complexity index is 587. The molecule has 3 nitrogen and oxygen atoms in total. The Morgan fingerprint density at radius 1 is 1.29 bits per heavy atom. The van der Waals surface area contributed by atoms with E-state index in [-0.39, 0.29) is 5.54 Å². The number of nitrogens with zero attached hydrogens (tertiary/aromatic N) is 1.